The summed E-state index contributed by atoms with van der Waals surface area (Å²) in [7, 11) is 0. The molecule has 1 saturated carbocycles. The van der Waals surface area contributed by atoms with Gasteiger partial charge in [-0.05, 0) is 5.56 Å². The maximum Gasteiger partial charge on any atom is 0.197 e. The average molecular weight is 257 g/mol. The third kappa shape index (κ3) is 1.11. The highest BCUT2D eigenvalue weighted by Gasteiger charge is 2.79. The van der Waals surface area contributed by atoms with E-state index in [9.17, 15) is 26.3 Å². The van der Waals surface area contributed by atoms with E-state index in [1.165, 1.54) is 0 Å². The molecule has 2 rings (SSSR count). The van der Waals surface area contributed by atoms with Gasteiger partial charge in [0.25, 0.3) is 0 Å². The lowest BCUT2D eigenvalue weighted by molar-refractivity contribution is 0.0379. The van der Waals surface area contributed by atoms with Gasteiger partial charge in [-0.1, -0.05) is 30.3 Å². The molecule has 0 bridgehead atoms. The van der Waals surface area contributed by atoms with E-state index in [1.807, 2.05) is 6.07 Å². The van der Waals surface area contributed by atoms with Crippen molar-refractivity contribution in [3.05, 3.63) is 35.9 Å². The number of benzene rings is 1. The topological polar surface area (TPSA) is 119 Å². The van der Waals surface area contributed by atoms with Crippen molar-refractivity contribution in [2.24, 2.45) is 10.8 Å². The smallest absolute Gasteiger partial charge is 0.197 e. The molecule has 1 aromatic rings. The van der Waals surface area contributed by atoms with Crippen LogP contribution >= 0.6 is 0 Å². The van der Waals surface area contributed by atoms with Crippen LogP contribution in [0.3, 0.4) is 0 Å². The molecule has 0 aliphatic heterocycles. The third-order valence-electron chi connectivity index (χ3n) is 3.99. The van der Waals surface area contributed by atoms with Crippen molar-refractivity contribution < 1.29 is 0 Å². The molecule has 0 spiro atoms. The number of nitrogens with zero attached hydrogens (tertiary/aromatic N) is 5. The first kappa shape index (κ1) is 13.1. The maximum atomic E-state index is 9.54. The van der Waals surface area contributed by atoms with Crippen LogP contribution in [0.5, 0.6) is 0 Å². The normalized spacial score (nSPS) is 24.6. The highest BCUT2D eigenvalue weighted by atomic mass is 14.7. The molecule has 1 unspecified atom stereocenters. The Morgan fingerprint density at radius 3 is 1.70 bits per heavy atom. The van der Waals surface area contributed by atoms with Crippen LogP contribution in [-0.2, 0) is 5.41 Å². The first-order valence-electron chi connectivity index (χ1n) is 5.74. The van der Waals surface area contributed by atoms with Crippen molar-refractivity contribution >= 4 is 0 Å². The highest BCUT2D eigenvalue weighted by Crippen LogP contribution is 2.67. The van der Waals surface area contributed by atoms with Crippen LogP contribution in [0, 0.1) is 67.5 Å². The summed E-state index contributed by atoms with van der Waals surface area (Å²) in [5, 5.41) is 46.9. The molecule has 0 N–H and O–H groups in total. The Morgan fingerprint density at radius 1 is 0.750 bits per heavy atom. The molecular weight excluding hydrogens is 250 g/mol. The zero-order chi connectivity index (χ0) is 14.9. The van der Waals surface area contributed by atoms with Crippen molar-refractivity contribution in [1.29, 1.82) is 26.3 Å². The quantitative estimate of drug-likeness (QED) is 0.761. The van der Waals surface area contributed by atoms with Crippen LogP contribution in [0.25, 0.3) is 0 Å². The van der Waals surface area contributed by atoms with E-state index in [0.717, 1.165) is 0 Å². The van der Waals surface area contributed by atoms with Crippen molar-refractivity contribution in [3.8, 4) is 30.3 Å². The molecule has 0 saturated heterocycles. The minimum Gasteiger partial charge on any atom is -0.197 e. The van der Waals surface area contributed by atoms with E-state index in [1.54, 1.807) is 54.6 Å². The summed E-state index contributed by atoms with van der Waals surface area (Å²) in [4.78, 5) is 0. The van der Waals surface area contributed by atoms with Crippen LogP contribution in [-0.4, -0.2) is 0 Å². The Hall–Kier alpha value is -3.33. The zero-order valence-corrected chi connectivity index (χ0v) is 10.3. The lowest BCUT2D eigenvalue weighted by Gasteiger charge is -2.54. The third-order valence-corrected chi connectivity index (χ3v) is 3.99. The fourth-order valence-corrected chi connectivity index (χ4v) is 2.83. The maximum absolute atomic E-state index is 9.54. The minimum absolute atomic E-state index is 0.144. The van der Waals surface area contributed by atoms with E-state index >= 15 is 0 Å². The lowest BCUT2D eigenvalue weighted by Crippen LogP contribution is -2.65. The van der Waals surface area contributed by atoms with Gasteiger partial charge in [0, 0.05) is 6.42 Å². The molecule has 1 aliphatic carbocycles. The standard InChI is InChI=1S/C15H7N5/c16-7-13(8-17)6-14(9-18,15(13,10-19)11-20)12-4-2-1-3-5-12/h1-5H,6H2. The average Bonchev–Trinajstić information content (AvgIpc) is 2.51. The molecular formula is C15H7N5. The predicted molar refractivity (Wildman–Crippen MR) is 65.7 cm³/mol. The highest BCUT2D eigenvalue weighted by molar-refractivity contribution is 5.57. The number of rotatable bonds is 1. The molecule has 20 heavy (non-hydrogen) atoms. The van der Waals surface area contributed by atoms with Gasteiger partial charge in [-0.3, -0.25) is 0 Å². The van der Waals surface area contributed by atoms with Crippen LogP contribution in [0.15, 0.2) is 30.3 Å². The second-order valence-corrected chi connectivity index (χ2v) is 4.66. The summed E-state index contributed by atoms with van der Waals surface area (Å²) in [6.07, 6.45) is -0.144. The molecule has 1 atom stereocenters. The molecule has 0 heterocycles. The fraction of sp³-hybridized carbons (Fsp3) is 0.267. The molecule has 0 amide bonds. The molecule has 1 aliphatic rings. The Labute approximate surface area is 116 Å². The Balaban J connectivity index is 2.77. The van der Waals surface area contributed by atoms with Crippen LogP contribution < -0.4 is 0 Å². The van der Waals surface area contributed by atoms with E-state index in [4.69, 9.17) is 0 Å². The van der Waals surface area contributed by atoms with Gasteiger partial charge in [0.05, 0.1) is 30.3 Å². The molecule has 1 fully saturated rings. The second-order valence-electron chi connectivity index (χ2n) is 4.66. The summed E-state index contributed by atoms with van der Waals surface area (Å²) in [6, 6.07) is 17.4. The van der Waals surface area contributed by atoms with Crippen molar-refractivity contribution in [2.75, 3.05) is 0 Å². The SMILES string of the molecule is N#CC1(C#N)CC(C#N)(c2ccccc2)C1(C#N)C#N. The van der Waals surface area contributed by atoms with Crippen molar-refractivity contribution in [1.82, 2.24) is 0 Å². The van der Waals surface area contributed by atoms with Gasteiger partial charge in [0.1, 0.15) is 5.41 Å². The minimum atomic E-state index is -1.99. The summed E-state index contributed by atoms with van der Waals surface area (Å²) >= 11 is 0. The van der Waals surface area contributed by atoms with Gasteiger partial charge in [0.2, 0.25) is 0 Å². The second kappa shape index (κ2) is 4.10. The Bertz CT molecular complexity index is 732. The summed E-state index contributed by atoms with van der Waals surface area (Å²) < 4.78 is 0. The monoisotopic (exact) mass is 257 g/mol. The van der Waals surface area contributed by atoms with Gasteiger partial charge < -0.3 is 0 Å². The number of hydrogen-bond donors (Lipinski definition) is 0. The van der Waals surface area contributed by atoms with E-state index < -0.39 is 16.2 Å². The van der Waals surface area contributed by atoms with Crippen molar-refractivity contribution in [3.63, 3.8) is 0 Å². The first-order chi connectivity index (χ1) is 9.62. The Kier molecular flexibility index (Phi) is 2.69. The molecule has 0 radical (unpaired) electrons. The summed E-state index contributed by atoms with van der Waals surface area (Å²) in [5.41, 5.74) is -4.74. The van der Waals surface area contributed by atoms with Gasteiger partial charge in [-0.2, -0.15) is 26.3 Å². The number of hydrogen-bond acceptors (Lipinski definition) is 5. The van der Waals surface area contributed by atoms with Crippen LogP contribution in [0.1, 0.15) is 12.0 Å². The first-order valence-corrected chi connectivity index (χ1v) is 5.74. The fourth-order valence-electron chi connectivity index (χ4n) is 2.83. The molecule has 92 valence electrons. The van der Waals surface area contributed by atoms with Gasteiger partial charge in [-0.15, -0.1) is 0 Å². The largest absolute Gasteiger partial charge is 0.197 e. The number of nitriles is 5. The van der Waals surface area contributed by atoms with E-state index in [-0.39, 0.29) is 6.42 Å². The van der Waals surface area contributed by atoms with Crippen molar-refractivity contribution in [2.45, 2.75) is 11.8 Å². The van der Waals surface area contributed by atoms with E-state index in [0.29, 0.717) is 5.56 Å². The predicted octanol–water partition coefficient (Wildman–Crippen LogP) is 1.92. The van der Waals surface area contributed by atoms with E-state index in [2.05, 4.69) is 0 Å². The summed E-state index contributed by atoms with van der Waals surface area (Å²) in [5.74, 6) is 0. The van der Waals surface area contributed by atoms with Gasteiger partial charge >= 0.3 is 0 Å². The lowest BCUT2D eigenvalue weighted by atomic mass is 9.36. The van der Waals surface area contributed by atoms with Crippen LogP contribution in [0.2, 0.25) is 0 Å². The molecule has 5 heteroatoms. The van der Waals surface area contributed by atoms with Gasteiger partial charge in [0.15, 0.2) is 10.8 Å². The Morgan fingerprint density at radius 2 is 1.30 bits per heavy atom. The van der Waals surface area contributed by atoms with Crippen LogP contribution in [0.4, 0.5) is 0 Å². The zero-order valence-electron chi connectivity index (χ0n) is 10.3. The molecule has 1 aromatic carbocycles. The molecule has 5 nitrogen and oxygen atoms in total. The molecule has 0 aromatic heterocycles. The summed E-state index contributed by atoms with van der Waals surface area (Å²) in [6.45, 7) is 0. The van der Waals surface area contributed by atoms with Gasteiger partial charge in [-0.25, -0.2) is 0 Å².